The fourth-order valence-corrected chi connectivity index (χ4v) is 1.25. The summed E-state index contributed by atoms with van der Waals surface area (Å²) in [7, 11) is 0. The molecule has 0 fully saturated rings. The largest absolute Gasteiger partial charge is 0.235 e. The molecule has 0 aliphatic carbocycles. The molecule has 0 saturated heterocycles. The number of isocyanates is 1. The molecule has 1 aromatic carbocycles. The minimum Gasteiger partial charge on any atom is -0.211 e. The van der Waals surface area contributed by atoms with Crippen LogP contribution in [0.3, 0.4) is 0 Å². The van der Waals surface area contributed by atoms with Gasteiger partial charge in [-0.15, -0.1) is 0 Å². The van der Waals surface area contributed by atoms with Gasteiger partial charge in [0.25, 0.3) is 0 Å². The van der Waals surface area contributed by atoms with Crippen LogP contribution in [0.25, 0.3) is 0 Å². The molecular weight excluding hydrogens is 188 g/mol. The van der Waals surface area contributed by atoms with Crippen LogP contribution >= 0.6 is 0 Å². The second-order valence-corrected chi connectivity index (χ2v) is 3.04. The topological polar surface area (TPSA) is 29.4 Å². The van der Waals surface area contributed by atoms with Crippen LogP contribution in [0.15, 0.2) is 17.1 Å². The predicted octanol–water partition coefficient (Wildman–Crippen LogP) is 2.67. The molecule has 14 heavy (non-hydrogen) atoms. The number of nitrogens with zero attached hydrogens (tertiary/aromatic N) is 1. The maximum absolute atomic E-state index is 13.3. The first kappa shape index (κ1) is 10.5. The van der Waals surface area contributed by atoms with Crippen molar-refractivity contribution in [2.24, 2.45) is 4.99 Å². The van der Waals surface area contributed by atoms with Crippen molar-refractivity contribution in [3.05, 3.63) is 34.9 Å². The van der Waals surface area contributed by atoms with Gasteiger partial charge in [-0.3, -0.25) is 0 Å². The summed E-state index contributed by atoms with van der Waals surface area (Å²) >= 11 is 0. The highest BCUT2D eigenvalue weighted by molar-refractivity contribution is 5.36. The van der Waals surface area contributed by atoms with Gasteiger partial charge in [0.15, 0.2) is 0 Å². The predicted molar refractivity (Wildman–Crippen MR) is 47.6 cm³/mol. The van der Waals surface area contributed by atoms with Gasteiger partial charge in [0.1, 0.15) is 11.6 Å². The Balaban J connectivity index is 3.26. The number of hydrogen-bond acceptors (Lipinski definition) is 2. The van der Waals surface area contributed by atoms with Crippen molar-refractivity contribution in [2.45, 2.75) is 19.9 Å². The van der Waals surface area contributed by atoms with Gasteiger partial charge >= 0.3 is 0 Å². The highest BCUT2D eigenvalue weighted by atomic mass is 19.1. The third-order valence-corrected chi connectivity index (χ3v) is 1.89. The number of carbonyl (C=O) groups excluding carboxylic acids is 1. The molecule has 0 aliphatic rings. The summed E-state index contributed by atoms with van der Waals surface area (Å²) in [6.07, 6.45) is 1.28. The van der Waals surface area contributed by atoms with E-state index in [1.54, 1.807) is 6.92 Å². The Morgan fingerprint density at radius 3 is 2.29 bits per heavy atom. The molecule has 1 aromatic rings. The number of rotatable bonds is 2. The molecule has 0 spiro atoms. The Bertz CT molecular complexity index is 374. The van der Waals surface area contributed by atoms with E-state index in [1.807, 2.05) is 0 Å². The number of hydrogen-bond donors (Lipinski definition) is 0. The second kappa shape index (κ2) is 4.11. The summed E-state index contributed by atoms with van der Waals surface area (Å²) in [5.41, 5.74) is 0.296. The average molecular weight is 197 g/mol. The third-order valence-electron chi connectivity index (χ3n) is 1.89. The Kier molecular flexibility index (Phi) is 3.10. The molecule has 0 saturated carbocycles. The molecule has 2 nitrogen and oxygen atoms in total. The summed E-state index contributed by atoms with van der Waals surface area (Å²) in [5.74, 6) is -1.37. The van der Waals surface area contributed by atoms with E-state index < -0.39 is 17.7 Å². The van der Waals surface area contributed by atoms with Crippen molar-refractivity contribution in [1.82, 2.24) is 0 Å². The van der Waals surface area contributed by atoms with Crippen LogP contribution < -0.4 is 0 Å². The van der Waals surface area contributed by atoms with E-state index in [2.05, 4.69) is 4.99 Å². The van der Waals surface area contributed by atoms with Crippen LogP contribution in [-0.2, 0) is 4.79 Å². The molecule has 0 aromatic heterocycles. The number of aliphatic imine (C=N–C) groups is 1. The lowest BCUT2D eigenvalue weighted by atomic mass is 10.1. The van der Waals surface area contributed by atoms with E-state index in [-0.39, 0.29) is 5.56 Å². The summed E-state index contributed by atoms with van der Waals surface area (Å²) in [6.45, 7) is 3.02. The third kappa shape index (κ3) is 2.03. The molecule has 74 valence electrons. The Morgan fingerprint density at radius 1 is 1.36 bits per heavy atom. The van der Waals surface area contributed by atoms with Crippen molar-refractivity contribution in [2.75, 3.05) is 0 Å². The van der Waals surface area contributed by atoms with Gasteiger partial charge in [0, 0.05) is 5.56 Å². The average Bonchev–Trinajstić information content (AvgIpc) is 2.01. The molecular formula is C10H9F2NO. The zero-order valence-corrected chi connectivity index (χ0v) is 7.84. The monoisotopic (exact) mass is 197 g/mol. The summed E-state index contributed by atoms with van der Waals surface area (Å²) in [5, 5.41) is 0. The quantitative estimate of drug-likeness (QED) is 0.529. The van der Waals surface area contributed by atoms with Crippen molar-refractivity contribution in [3.63, 3.8) is 0 Å². The van der Waals surface area contributed by atoms with E-state index in [1.165, 1.54) is 25.1 Å². The molecule has 4 heteroatoms. The molecule has 1 unspecified atom stereocenters. The van der Waals surface area contributed by atoms with Gasteiger partial charge in [0.2, 0.25) is 6.08 Å². The van der Waals surface area contributed by atoms with Crippen LogP contribution in [0.2, 0.25) is 0 Å². The van der Waals surface area contributed by atoms with Gasteiger partial charge < -0.3 is 0 Å². The molecule has 1 rings (SSSR count). The van der Waals surface area contributed by atoms with Crippen molar-refractivity contribution >= 4 is 6.08 Å². The maximum Gasteiger partial charge on any atom is 0.235 e. The maximum atomic E-state index is 13.3. The zero-order valence-electron chi connectivity index (χ0n) is 7.84. The van der Waals surface area contributed by atoms with Gasteiger partial charge in [0.05, 0.1) is 6.04 Å². The molecule has 0 aliphatic heterocycles. The van der Waals surface area contributed by atoms with Gasteiger partial charge in [-0.1, -0.05) is 0 Å². The van der Waals surface area contributed by atoms with Gasteiger partial charge in [-0.25, -0.2) is 13.6 Å². The Hall–Kier alpha value is -1.54. The fourth-order valence-electron chi connectivity index (χ4n) is 1.25. The van der Waals surface area contributed by atoms with E-state index in [0.717, 1.165) is 0 Å². The normalized spacial score (nSPS) is 12.0. The van der Waals surface area contributed by atoms with Crippen molar-refractivity contribution < 1.29 is 13.6 Å². The minimum atomic E-state index is -0.840. The fraction of sp³-hybridized carbons (Fsp3) is 0.300. The molecule has 0 radical (unpaired) electrons. The lowest BCUT2D eigenvalue weighted by Crippen LogP contribution is -1.99. The number of aryl methyl sites for hydroxylation is 1. The van der Waals surface area contributed by atoms with Gasteiger partial charge in [-0.05, 0) is 31.5 Å². The smallest absolute Gasteiger partial charge is 0.211 e. The molecule has 0 bridgehead atoms. The summed E-state index contributed by atoms with van der Waals surface area (Å²) in [6, 6.07) is 1.57. The van der Waals surface area contributed by atoms with E-state index >= 15 is 0 Å². The first-order chi connectivity index (χ1) is 6.56. The van der Waals surface area contributed by atoms with E-state index in [9.17, 15) is 13.6 Å². The van der Waals surface area contributed by atoms with Crippen LogP contribution in [0, 0.1) is 18.6 Å². The number of benzene rings is 1. The zero-order chi connectivity index (χ0) is 10.7. The number of halogens is 2. The molecule has 1 atom stereocenters. The van der Waals surface area contributed by atoms with Crippen molar-refractivity contribution in [3.8, 4) is 0 Å². The highest BCUT2D eigenvalue weighted by Gasteiger charge is 2.15. The van der Waals surface area contributed by atoms with Crippen LogP contribution in [0.1, 0.15) is 24.1 Å². The van der Waals surface area contributed by atoms with E-state index in [0.29, 0.717) is 5.56 Å². The molecule has 0 amide bonds. The second-order valence-electron chi connectivity index (χ2n) is 3.04. The molecule has 0 heterocycles. The summed E-state index contributed by atoms with van der Waals surface area (Å²) < 4.78 is 26.5. The van der Waals surface area contributed by atoms with E-state index in [4.69, 9.17) is 0 Å². The van der Waals surface area contributed by atoms with Gasteiger partial charge in [-0.2, -0.15) is 4.99 Å². The minimum absolute atomic E-state index is 0.195. The van der Waals surface area contributed by atoms with Crippen LogP contribution in [0.5, 0.6) is 0 Å². The standard InChI is InChI=1S/C10H9F2NO/c1-6-3-8(11)10(9(12)4-6)7(2)13-5-14/h3-4,7H,1-2H3. The first-order valence-corrected chi connectivity index (χ1v) is 4.08. The Morgan fingerprint density at radius 2 is 1.86 bits per heavy atom. The molecule has 0 N–H and O–H groups in total. The van der Waals surface area contributed by atoms with Crippen LogP contribution in [0.4, 0.5) is 8.78 Å². The summed E-state index contributed by atoms with van der Waals surface area (Å²) in [4.78, 5) is 13.2. The first-order valence-electron chi connectivity index (χ1n) is 4.08. The lowest BCUT2D eigenvalue weighted by Gasteiger charge is -2.08. The Labute approximate surface area is 80.3 Å². The van der Waals surface area contributed by atoms with Crippen LogP contribution in [-0.4, -0.2) is 6.08 Å². The lowest BCUT2D eigenvalue weighted by molar-refractivity contribution is 0.529. The SMILES string of the molecule is Cc1cc(F)c(C(C)N=C=O)c(F)c1. The highest BCUT2D eigenvalue weighted by Crippen LogP contribution is 2.24. The van der Waals surface area contributed by atoms with Crippen molar-refractivity contribution in [1.29, 1.82) is 0 Å².